The molecule has 1 N–H and O–H groups in total. The average molecular weight is 201 g/mol. The molecule has 2 rings (SSSR count). The molecule has 3 heteroatoms. The molecule has 2 unspecified atom stereocenters. The maximum atomic E-state index is 5.54. The lowest BCUT2D eigenvalue weighted by Gasteiger charge is -2.36. The van der Waals surface area contributed by atoms with Crippen LogP contribution in [0, 0.1) is 5.92 Å². The van der Waals surface area contributed by atoms with E-state index in [1.807, 2.05) is 6.08 Å². The van der Waals surface area contributed by atoms with E-state index in [2.05, 4.69) is 10.2 Å². The second-order valence-electron chi connectivity index (χ2n) is 3.98. The van der Waals surface area contributed by atoms with E-state index in [0.29, 0.717) is 0 Å². The first-order valence-electron chi connectivity index (χ1n) is 5.12. The predicted molar refractivity (Wildman–Crippen MR) is 55.9 cm³/mol. The molecular weight excluding hydrogens is 184 g/mol. The highest BCUT2D eigenvalue weighted by Crippen LogP contribution is 2.25. The van der Waals surface area contributed by atoms with E-state index in [0.717, 1.165) is 18.5 Å². The predicted octanol–water partition coefficient (Wildman–Crippen LogP) is 1.42. The molecule has 0 aliphatic carbocycles. The van der Waals surface area contributed by atoms with Crippen molar-refractivity contribution in [3.8, 4) is 0 Å². The Kier molecular flexibility index (Phi) is 3.25. The monoisotopic (exact) mass is 200 g/mol. The fourth-order valence-corrected chi connectivity index (χ4v) is 2.64. The quantitative estimate of drug-likeness (QED) is 0.726. The first-order valence-corrected chi connectivity index (χ1v) is 5.55. The van der Waals surface area contributed by atoms with E-state index in [1.165, 1.54) is 32.5 Å². The molecular formula is C10H17ClN2. The first kappa shape index (κ1) is 9.50. The van der Waals surface area contributed by atoms with Crippen molar-refractivity contribution in [2.24, 2.45) is 5.92 Å². The Morgan fingerprint density at radius 2 is 2.38 bits per heavy atom. The Labute approximate surface area is 84.9 Å². The van der Waals surface area contributed by atoms with Gasteiger partial charge in [0, 0.05) is 24.7 Å². The summed E-state index contributed by atoms with van der Waals surface area (Å²) >= 11 is 5.54. The van der Waals surface area contributed by atoms with Crippen molar-refractivity contribution in [1.29, 1.82) is 0 Å². The molecule has 13 heavy (non-hydrogen) atoms. The van der Waals surface area contributed by atoms with Gasteiger partial charge >= 0.3 is 0 Å². The number of halogens is 1. The number of hydrogen-bond acceptors (Lipinski definition) is 2. The Morgan fingerprint density at radius 1 is 1.46 bits per heavy atom. The van der Waals surface area contributed by atoms with Crippen molar-refractivity contribution in [2.45, 2.75) is 18.9 Å². The van der Waals surface area contributed by atoms with Crippen LogP contribution in [-0.4, -0.2) is 37.1 Å². The van der Waals surface area contributed by atoms with Crippen LogP contribution in [0.15, 0.2) is 11.6 Å². The molecule has 0 bridgehead atoms. The standard InChI is InChI=1S/C10H17ClN2/c11-4-2-6-13-5-1-3-9-7-12-8-10(9)13/h2,4,9-10,12H,1,3,5-8H2/b4-2+. The minimum Gasteiger partial charge on any atom is -0.315 e. The molecule has 2 atom stereocenters. The summed E-state index contributed by atoms with van der Waals surface area (Å²) < 4.78 is 0. The lowest BCUT2D eigenvalue weighted by molar-refractivity contribution is 0.140. The normalized spacial score (nSPS) is 35.5. The van der Waals surface area contributed by atoms with Gasteiger partial charge in [-0.1, -0.05) is 17.7 Å². The van der Waals surface area contributed by atoms with E-state index >= 15 is 0 Å². The highest BCUT2D eigenvalue weighted by Gasteiger charge is 2.33. The molecule has 0 radical (unpaired) electrons. The van der Waals surface area contributed by atoms with Crippen molar-refractivity contribution in [3.63, 3.8) is 0 Å². The van der Waals surface area contributed by atoms with Gasteiger partial charge in [0.05, 0.1) is 0 Å². The van der Waals surface area contributed by atoms with Gasteiger partial charge in [-0.2, -0.15) is 0 Å². The number of rotatable bonds is 2. The molecule has 2 heterocycles. The smallest absolute Gasteiger partial charge is 0.0264 e. The molecule has 2 aliphatic heterocycles. The fourth-order valence-electron chi connectivity index (χ4n) is 2.57. The second kappa shape index (κ2) is 4.45. The van der Waals surface area contributed by atoms with Crippen LogP contribution in [0.1, 0.15) is 12.8 Å². The van der Waals surface area contributed by atoms with Gasteiger partial charge in [-0.15, -0.1) is 0 Å². The number of nitrogens with one attached hydrogen (secondary N) is 1. The molecule has 0 aromatic carbocycles. The second-order valence-corrected chi connectivity index (χ2v) is 4.24. The maximum Gasteiger partial charge on any atom is 0.0264 e. The zero-order chi connectivity index (χ0) is 9.10. The molecule has 0 aromatic rings. The molecule has 2 fully saturated rings. The van der Waals surface area contributed by atoms with Crippen LogP contribution in [0.25, 0.3) is 0 Å². The fraction of sp³-hybridized carbons (Fsp3) is 0.800. The molecule has 0 aromatic heterocycles. The number of likely N-dealkylation sites (tertiary alicyclic amines) is 1. The van der Waals surface area contributed by atoms with Crippen LogP contribution < -0.4 is 5.32 Å². The van der Waals surface area contributed by atoms with Crippen molar-refractivity contribution in [3.05, 3.63) is 11.6 Å². The summed E-state index contributed by atoms with van der Waals surface area (Å²) in [5, 5.41) is 3.47. The summed E-state index contributed by atoms with van der Waals surface area (Å²) in [6.07, 6.45) is 4.79. The van der Waals surface area contributed by atoms with Gasteiger partial charge in [0.1, 0.15) is 0 Å². The lowest BCUT2D eigenvalue weighted by atomic mass is 9.92. The van der Waals surface area contributed by atoms with E-state index in [4.69, 9.17) is 11.6 Å². The number of fused-ring (bicyclic) bond motifs is 1. The van der Waals surface area contributed by atoms with E-state index in [1.54, 1.807) is 5.54 Å². The van der Waals surface area contributed by atoms with Gasteiger partial charge in [0.15, 0.2) is 0 Å². The molecule has 0 saturated carbocycles. The molecule has 0 amide bonds. The SMILES string of the molecule is Cl/C=C/CN1CCCC2CNCC21. The third-order valence-corrected chi connectivity index (χ3v) is 3.40. The molecule has 74 valence electrons. The van der Waals surface area contributed by atoms with Crippen LogP contribution in [0.3, 0.4) is 0 Å². The zero-order valence-electron chi connectivity index (χ0n) is 7.88. The summed E-state index contributed by atoms with van der Waals surface area (Å²) in [5.74, 6) is 0.887. The first-order chi connectivity index (χ1) is 6.42. The van der Waals surface area contributed by atoms with Gasteiger partial charge < -0.3 is 5.32 Å². The molecule has 0 spiro atoms. The highest BCUT2D eigenvalue weighted by molar-refractivity contribution is 6.25. The van der Waals surface area contributed by atoms with Crippen LogP contribution in [-0.2, 0) is 0 Å². The Hall–Kier alpha value is -0.0500. The summed E-state index contributed by atoms with van der Waals surface area (Å²) in [7, 11) is 0. The van der Waals surface area contributed by atoms with Crippen molar-refractivity contribution >= 4 is 11.6 Å². The summed E-state index contributed by atoms with van der Waals surface area (Å²) in [5.41, 5.74) is 1.63. The minimum atomic E-state index is 0.765. The lowest BCUT2D eigenvalue weighted by Crippen LogP contribution is -2.44. The van der Waals surface area contributed by atoms with Crippen molar-refractivity contribution < 1.29 is 0 Å². The number of hydrogen-bond donors (Lipinski definition) is 1. The van der Waals surface area contributed by atoms with Crippen LogP contribution in [0.5, 0.6) is 0 Å². The number of piperidine rings is 1. The molecule has 2 nitrogen and oxygen atoms in total. The van der Waals surface area contributed by atoms with E-state index < -0.39 is 0 Å². The van der Waals surface area contributed by atoms with Crippen molar-refractivity contribution in [1.82, 2.24) is 10.2 Å². The topological polar surface area (TPSA) is 15.3 Å². The molecule has 2 aliphatic rings. The summed E-state index contributed by atoms with van der Waals surface area (Å²) in [6, 6.07) is 0.765. The van der Waals surface area contributed by atoms with E-state index in [9.17, 15) is 0 Å². The van der Waals surface area contributed by atoms with Gasteiger partial charge in [-0.25, -0.2) is 0 Å². The van der Waals surface area contributed by atoms with Crippen LogP contribution in [0.4, 0.5) is 0 Å². The third-order valence-electron chi connectivity index (χ3n) is 3.22. The third kappa shape index (κ3) is 2.06. The van der Waals surface area contributed by atoms with Crippen LogP contribution in [0.2, 0.25) is 0 Å². The van der Waals surface area contributed by atoms with Gasteiger partial charge in [-0.05, 0) is 31.8 Å². The largest absolute Gasteiger partial charge is 0.315 e. The maximum absolute atomic E-state index is 5.54. The minimum absolute atomic E-state index is 0.765. The molecule has 2 saturated heterocycles. The highest BCUT2D eigenvalue weighted by atomic mass is 35.5. The van der Waals surface area contributed by atoms with Gasteiger partial charge in [-0.3, -0.25) is 4.90 Å². The van der Waals surface area contributed by atoms with E-state index in [-0.39, 0.29) is 0 Å². The Bertz CT molecular complexity index is 193. The van der Waals surface area contributed by atoms with Gasteiger partial charge in [0.2, 0.25) is 0 Å². The Morgan fingerprint density at radius 3 is 3.23 bits per heavy atom. The Balaban J connectivity index is 1.93. The summed E-state index contributed by atoms with van der Waals surface area (Å²) in [4.78, 5) is 2.55. The van der Waals surface area contributed by atoms with Gasteiger partial charge in [0.25, 0.3) is 0 Å². The summed E-state index contributed by atoms with van der Waals surface area (Å²) in [6.45, 7) is 4.64. The number of nitrogens with zero attached hydrogens (tertiary/aromatic N) is 1. The zero-order valence-corrected chi connectivity index (χ0v) is 8.63. The van der Waals surface area contributed by atoms with Crippen molar-refractivity contribution in [2.75, 3.05) is 26.2 Å². The van der Waals surface area contributed by atoms with Crippen LogP contribution >= 0.6 is 11.6 Å². The average Bonchev–Trinajstić information content (AvgIpc) is 2.62.